The van der Waals surface area contributed by atoms with Crippen LogP contribution in [-0.4, -0.2) is 69.3 Å². The van der Waals surface area contributed by atoms with Gasteiger partial charge in [-0.3, -0.25) is 14.9 Å². The van der Waals surface area contributed by atoms with Crippen molar-refractivity contribution in [2.75, 3.05) is 53.6 Å². The van der Waals surface area contributed by atoms with Crippen molar-refractivity contribution in [3.05, 3.63) is 27.8 Å². The molecule has 1 amide bonds. The van der Waals surface area contributed by atoms with Gasteiger partial charge in [0, 0.05) is 32.8 Å². The standard InChI is InChI=1S/C21H33N3O6/c1-15-10-16(2)14-23(13-15)7-5-6-22-21(25)17-11-19(29-4)20(30-9-8-28-3)12-18(17)24(26)27/h11-12,15-16H,5-10,13-14H2,1-4H3,(H,22,25). The number of methoxy groups -OCH3 is 2. The molecule has 1 N–H and O–H groups in total. The zero-order valence-electron chi connectivity index (χ0n) is 18.3. The molecule has 1 aliphatic rings. The molecular weight excluding hydrogens is 390 g/mol. The quantitative estimate of drug-likeness (QED) is 0.332. The number of rotatable bonds is 11. The molecule has 1 aliphatic heterocycles. The molecule has 0 aliphatic carbocycles. The molecule has 1 heterocycles. The van der Waals surface area contributed by atoms with Gasteiger partial charge in [-0.25, -0.2) is 0 Å². The predicted octanol–water partition coefficient (Wildman–Crippen LogP) is 2.73. The Labute approximate surface area is 177 Å². The normalized spacial score (nSPS) is 19.3. The molecule has 1 fully saturated rings. The van der Waals surface area contributed by atoms with E-state index in [9.17, 15) is 14.9 Å². The minimum absolute atomic E-state index is 0.0452. The van der Waals surface area contributed by atoms with Crippen molar-refractivity contribution in [1.82, 2.24) is 10.2 Å². The van der Waals surface area contributed by atoms with E-state index in [1.165, 1.54) is 32.8 Å². The molecule has 1 aromatic carbocycles. The van der Waals surface area contributed by atoms with Gasteiger partial charge in [0.05, 0.1) is 24.7 Å². The van der Waals surface area contributed by atoms with E-state index in [1.54, 1.807) is 0 Å². The molecule has 9 nitrogen and oxygen atoms in total. The van der Waals surface area contributed by atoms with Crippen LogP contribution >= 0.6 is 0 Å². The van der Waals surface area contributed by atoms with Crippen LogP contribution < -0.4 is 14.8 Å². The van der Waals surface area contributed by atoms with Crippen molar-refractivity contribution in [2.45, 2.75) is 26.7 Å². The van der Waals surface area contributed by atoms with Crippen molar-refractivity contribution in [3.8, 4) is 11.5 Å². The zero-order chi connectivity index (χ0) is 22.1. The Balaban J connectivity index is 1.98. The number of hydrogen-bond acceptors (Lipinski definition) is 7. The van der Waals surface area contributed by atoms with Gasteiger partial charge in [-0.2, -0.15) is 0 Å². The number of carbonyl (C=O) groups is 1. The van der Waals surface area contributed by atoms with Crippen molar-refractivity contribution in [3.63, 3.8) is 0 Å². The zero-order valence-corrected chi connectivity index (χ0v) is 18.3. The second-order valence-electron chi connectivity index (χ2n) is 7.93. The molecule has 2 rings (SSSR count). The van der Waals surface area contributed by atoms with E-state index < -0.39 is 10.8 Å². The number of nitrogens with one attached hydrogen (secondary N) is 1. The summed E-state index contributed by atoms with van der Waals surface area (Å²) < 4.78 is 15.7. The van der Waals surface area contributed by atoms with Crippen LogP contribution in [0.4, 0.5) is 5.69 Å². The molecule has 9 heteroatoms. The van der Waals surface area contributed by atoms with Crippen molar-refractivity contribution < 1.29 is 23.9 Å². The third-order valence-corrected chi connectivity index (χ3v) is 5.15. The maximum atomic E-state index is 12.6. The topological polar surface area (TPSA) is 103 Å². The fraction of sp³-hybridized carbons (Fsp3) is 0.667. The molecule has 0 saturated carbocycles. The van der Waals surface area contributed by atoms with Crippen molar-refractivity contribution >= 4 is 11.6 Å². The fourth-order valence-electron chi connectivity index (χ4n) is 3.96. The molecule has 168 valence electrons. The number of benzene rings is 1. The highest BCUT2D eigenvalue weighted by Crippen LogP contribution is 2.34. The fourth-order valence-corrected chi connectivity index (χ4v) is 3.96. The molecule has 0 aromatic heterocycles. The first-order valence-electron chi connectivity index (χ1n) is 10.3. The Kier molecular flexibility index (Phi) is 9.32. The summed E-state index contributed by atoms with van der Waals surface area (Å²) in [5.74, 6) is 1.33. The molecule has 2 atom stereocenters. The summed E-state index contributed by atoms with van der Waals surface area (Å²) in [5, 5.41) is 14.3. The van der Waals surface area contributed by atoms with Gasteiger partial charge in [0.25, 0.3) is 11.6 Å². The SMILES string of the molecule is COCCOc1cc([N+](=O)[O-])c(C(=O)NCCCN2CC(C)CC(C)C2)cc1OC. The van der Waals surface area contributed by atoms with Gasteiger partial charge >= 0.3 is 0 Å². The lowest BCUT2D eigenvalue weighted by Gasteiger charge is -2.34. The summed E-state index contributed by atoms with van der Waals surface area (Å²) in [6.45, 7) is 8.56. The van der Waals surface area contributed by atoms with Gasteiger partial charge in [-0.15, -0.1) is 0 Å². The van der Waals surface area contributed by atoms with Gasteiger partial charge in [0.1, 0.15) is 12.2 Å². The summed E-state index contributed by atoms with van der Waals surface area (Å²) in [7, 11) is 2.95. The molecule has 2 unspecified atom stereocenters. The smallest absolute Gasteiger partial charge is 0.286 e. The average molecular weight is 424 g/mol. The Morgan fingerprint density at radius 3 is 2.50 bits per heavy atom. The number of nitrogens with zero attached hydrogens (tertiary/aromatic N) is 2. The number of hydrogen-bond donors (Lipinski definition) is 1. The third-order valence-electron chi connectivity index (χ3n) is 5.15. The van der Waals surface area contributed by atoms with Gasteiger partial charge < -0.3 is 24.4 Å². The lowest BCUT2D eigenvalue weighted by atomic mass is 9.92. The summed E-state index contributed by atoms with van der Waals surface area (Å²) in [6.07, 6.45) is 2.04. The minimum atomic E-state index is -0.589. The van der Waals surface area contributed by atoms with E-state index in [0.29, 0.717) is 25.0 Å². The predicted molar refractivity (Wildman–Crippen MR) is 113 cm³/mol. The largest absolute Gasteiger partial charge is 0.493 e. The van der Waals surface area contributed by atoms with Crippen LogP contribution in [0.15, 0.2) is 12.1 Å². The summed E-state index contributed by atoms with van der Waals surface area (Å²) in [6, 6.07) is 2.57. The first kappa shape index (κ1) is 23.9. The third kappa shape index (κ3) is 6.84. The second kappa shape index (κ2) is 11.7. The number of ether oxygens (including phenoxy) is 3. The number of amides is 1. The highest BCUT2D eigenvalue weighted by Gasteiger charge is 2.25. The molecule has 0 spiro atoms. The van der Waals surface area contributed by atoms with Crippen LogP contribution in [-0.2, 0) is 4.74 Å². The monoisotopic (exact) mass is 423 g/mol. The molecule has 1 saturated heterocycles. The Morgan fingerprint density at radius 2 is 1.90 bits per heavy atom. The number of likely N-dealkylation sites (tertiary alicyclic amines) is 1. The van der Waals surface area contributed by atoms with E-state index >= 15 is 0 Å². The second-order valence-corrected chi connectivity index (χ2v) is 7.93. The number of carbonyl (C=O) groups excluding carboxylic acids is 1. The number of nitro groups is 1. The van der Waals surface area contributed by atoms with Crippen LogP contribution in [0, 0.1) is 22.0 Å². The highest BCUT2D eigenvalue weighted by atomic mass is 16.6. The van der Waals surface area contributed by atoms with Crippen LogP contribution in [0.5, 0.6) is 11.5 Å². The summed E-state index contributed by atoms with van der Waals surface area (Å²) >= 11 is 0. The first-order chi connectivity index (χ1) is 14.3. The summed E-state index contributed by atoms with van der Waals surface area (Å²) in [4.78, 5) is 26.0. The van der Waals surface area contributed by atoms with Crippen molar-refractivity contribution in [1.29, 1.82) is 0 Å². The number of nitro benzene ring substituents is 1. The number of piperidine rings is 1. The minimum Gasteiger partial charge on any atom is -0.493 e. The van der Waals surface area contributed by atoms with Crippen LogP contribution in [0.3, 0.4) is 0 Å². The highest BCUT2D eigenvalue weighted by molar-refractivity contribution is 5.99. The van der Waals surface area contributed by atoms with E-state index in [2.05, 4.69) is 24.1 Å². The Morgan fingerprint density at radius 1 is 1.20 bits per heavy atom. The van der Waals surface area contributed by atoms with Crippen LogP contribution in [0.1, 0.15) is 37.0 Å². The Bertz CT molecular complexity index is 717. The molecule has 0 radical (unpaired) electrons. The molecule has 1 aromatic rings. The van der Waals surface area contributed by atoms with Crippen LogP contribution in [0.25, 0.3) is 0 Å². The lowest BCUT2D eigenvalue weighted by Crippen LogP contribution is -2.40. The van der Waals surface area contributed by atoms with E-state index in [4.69, 9.17) is 14.2 Å². The lowest BCUT2D eigenvalue weighted by molar-refractivity contribution is -0.385. The van der Waals surface area contributed by atoms with E-state index in [-0.39, 0.29) is 29.4 Å². The van der Waals surface area contributed by atoms with Gasteiger partial charge in [-0.05, 0) is 31.2 Å². The molecule has 30 heavy (non-hydrogen) atoms. The van der Waals surface area contributed by atoms with Gasteiger partial charge in [-0.1, -0.05) is 13.8 Å². The maximum Gasteiger partial charge on any atom is 0.286 e. The summed E-state index contributed by atoms with van der Waals surface area (Å²) in [5.41, 5.74) is -0.365. The van der Waals surface area contributed by atoms with Gasteiger partial charge in [0.2, 0.25) is 0 Å². The van der Waals surface area contributed by atoms with E-state index in [0.717, 1.165) is 26.1 Å². The van der Waals surface area contributed by atoms with E-state index in [1.807, 2.05) is 0 Å². The van der Waals surface area contributed by atoms with Crippen LogP contribution in [0.2, 0.25) is 0 Å². The molecular formula is C21H33N3O6. The average Bonchev–Trinajstić information content (AvgIpc) is 2.70. The van der Waals surface area contributed by atoms with Crippen molar-refractivity contribution in [2.24, 2.45) is 11.8 Å². The maximum absolute atomic E-state index is 12.6. The first-order valence-corrected chi connectivity index (χ1v) is 10.3. The van der Waals surface area contributed by atoms with Gasteiger partial charge in [0.15, 0.2) is 11.5 Å². The Hall–Kier alpha value is -2.39. The molecule has 0 bridgehead atoms.